The molecule has 0 aliphatic carbocycles. The van der Waals surface area contributed by atoms with Crippen molar-refractivity contribution in [3.8, 4) is 11.5 Å². The number of aromatic nitrogens is 5. The number of nitrogens with zero attached hydrogens (tertiary/aromatic N) is 6. The fourth-order valence-electron chi connectivity index (χ4n) is 5.70. The van der Waals surface area contributed by atoms with Gasteiger partial charge < -0.3 is 19.3 Å². The second-order valence-corrected chi connectivity index (χ2v) is 8.93. The second-order valence-electron chi connectivity index (χ2n) is 8.93. The smallest absolute Gasteiger partial charge is 0.179 e. The summed E-state index contributed by atoms with van der Waals surface area (Å²) >= 11 is 0. The van der Waals surface area contributed by atoms with Crippen molar-refractivity contribution in [3.63, 3.8) is 0 Å². The maximum Gasteiger partial charge on any atom is 0.179 e. The number of hydrogen-bond donors (Lipinski definition) is 1. The molecule has 7 rings (SSSR count). The summed E-state index contributed by atoms with van der Waals surface area (Å²) in [5.74, 6) is 1.80. The summed E-state index contributed by atoms with van der Waals surface area (Å²) in [5, 5.41) is 12.2. The van der Waals surface area contributed by atoms with E-state index in [2.05, 4.69) is 26.1 Å². The van der Waals surface area contributed by atoms with E-state index in [1.54, 1.807) is 6.20 Å². The van der Waals surface area contributed by atoms with Gasteiger partial charge in [0.25, 0.3) is 0 Å². The van der Waals surface area contributed by atoms with E-state index in [0.717, 1.165) is 62.0 Å². The summed E-state index contributed by atoms with van der Waals surface area (Å²) in [7, 11) is 0. The van der Waals surface area contributed by atoms with Crippen LogP contribution in [0, 0.1) is 0 Å². The van der Waals surface area contributed by atoms with E-state index in [-0.39, 0.29) is 0 Å². The fourth-order valence-corrected chi connectivity index (χ4v) is 5.70. The first-order valence-corrected chi connectivity index (χ1v) is 11.0. The Labute approximate surface area is 174 Å². The van der Waals surface area contributed by atoms with Gasteiger partial charge in [-0.25, -0.2) is 9.50 Å². The minimum Gasteiger partial charge on any atom is -0.377 e. The van der Waals surface area contributed by atoms with E-state index >= 15 is 0 Å². The highest BCUT2D eigenvalue weighted by Gasteiger charge is 2.40. The molecular weight excluding hydrogens is 382 g/mol. The van der Waals surface area contributed by atoms with Gasteiger partial charge in [-0.05, 0) is 31.7 Å². The number of fused-ring (bicyclic) bond motifs is 5. The van der Waals surface area contributed by atoms with Crippen LogP contribution in [0.4, 0.5) is 11.5 Å². The third-order valence-corrected chi connectivity index (χ3v) is 7.10. The number of anilines is 2. The van der Waals surface area contributed by atoms with E-state index < -0.39 is 0 Å². The molecule has 3 aromatic heterocycles. The predicted octanol–water partition coefficient (Wildman–Crippen LogP) is 1.85. The van der Waals surface area contributed by atoms with Gasteiger partial charge in [0.05, 0.1) is 49.4 Å². The van der Waals surface area contributed by atoms with Gasteiger partial charge in [-0.15, -0.1) is 5.10 Å². The summed E-state index contributed by atoms with van der Waals surface area (Å²) < 4.78 is 13.9. The number of aromatic amines is 1. The molecule has 0 aromatic carbocycles. The normalized spacial score (nSPS) is 30.5. The van der Waals surface area contributed by atoms with Crippen molar-refractivity contribution in [2.45, 2.75) is 50.0 Å². The van der Waals surface area contributed by atoms with E-state index in [1.807, 2.05) is 16.8 Å². The van der Waals surface area contributed by atoms with Gasteiger partial charge in [-0.2, -0.15) is 5.10 Å². The van der Waals surface area contributed by atoms with Gasteiger partial charge in [-0.3, -0.25) is 5.10 Å². The fraction of sp³-hybridized carbons (Fsp3) is 0.571. The lowest BCUT2D eigenvalue weighted by atomic mass is 10.2. The maximum atomic E-state index is 6.07. The zero-order valence-electron chi connectivity index (χ0n) is 16.8. The molecule has 4 unspecified atom stereocenters. The van der Waals surface area contributed by atoms with Crippen molar-refractivity contribution in [2.75, 3.05) is 36.1 Å². The van der Waals surface area contributed by atoms with Crippen molar-refractivity contribution >= 4 is 17.0 Å². The molecule has 7 heterocycles. The van der Waals surface area contributed by atoms with Crippen molar-refractivity contribution in [3.05, 3.63) is 24.5 Å². The molecule has 0 amide bonds. The molecular formula is C21H25N7O2. The first-order chi connectivity index (χ1) is 14.8. The van der Waals surface area contributed by atoms with Crippen molar-refractivity contribution in [2.24, 2.45) is 0 Å². The molecule has 3 aromatic rings. The Hall–Kier alpha value is -2.65. The van der Waals surface area contributed by atoms with E-state index in [1.165, 1.54) is 18.5 Å². The molecule has 4 aliphatic heterocycles. The molecule has 4 fully saturated rings. The van der Waals surface area contributed by atoms with Crippen LogP contribution in [0.2, 0.25) is 0 Å². The minimum absolute atomic E-state index is 0.319. The first-order valence-electron chi connectivity index (χ1n) is 11.0. The van der Waals surface area contributed by atoms with Crippen molar-refractivity contribution in [1.82, 2.24) is 24.8 Å². The third kappa shape index (κ3) is 2.51. The zero-order valence-corrected chi connectivity index (χ0v) is 16.8. The number of morpholine rings is 2. The first kappa shape index (κ1) is 17.1. The van der Waals surface area contributed by atoms with E-state index in [0.29, 0.717) is 24.3 Å². The number of rotatable bonds is 3. The van der Waals surface area contributed by atoms with Crippen LogP contribution < -0.4 is 9.80 Å². The maximum absolute atomic E-state index is 6.07. The number of H-pyrrole nitrogens is 1. The lowest BCUT2D eigenvalue weighted by Crippen LogP contribution is -2.46. The summed E-state index contributed by atoms with van der Waals surface area (Å²) in [5.41, 5.74) is 3.13. The Bertz CT molecular complexity index is 1050. The number of nitrogens with one attached hydrogen (secondary N) is 1. The number of imidazole rings is 1. The molecule has 4 atom stereocenters. The van der Waals surface area contributed by atoms with Gasteiger partial charge in [0.15, 0.2) is 11.6 Å². The largest absolute Gasteiger partial charge is 0.377 e. The van der Waals surface area contributed by atoms with E-state index in [9.17, 15) is 0 Å². The summed E-state index contributed by atoms with van der Waals surface area (Å²) in [6, 6.07) is 5.06. The monoisotopic (exact) mass is 407 g/mol. The number of hydrogen-bond acceptors (Lipinski definition) is 7. The molecule has 4 aliphatic rings. The van der Waals surface area contributed by atoms with Gasteiger partial charge >= 0.3 is 0 Å². The van der Waals surface area contributed by atoms with Gasteiger partial charge in [-0.1, -0.05) is 0 Å². The molecule has 1 N–H and O–H groups in total. The average Bonchev–Trinajstić information content (AvgIpc) is 3.54. The second kappa shape index (κ2) is 6.42. The Morgan fingerprint density at radius 3 is 2.57 bits per heavy atom. The number of ether oxygens (including phenoxy) is 2. The van der Waals surface area contributed by atoms with E-state index in [4.69, 9.17) is 19.6 Å². The highest BCUT2D eigenvalue weighted by molar-refractivity contribution is 5.78. The summed E-state index contributed by atoms with van der Waals surface area (Å²) in [4.78, 5) is 9.68. The molecule has 30 heavy (non-hydrogen) atoms. The molecule has 4 bridgehead atoms. The minimum atomic E-state index is 0.319. The lowest BCUT2D eigenvalue weighted by molar-refractivity contribution is 0.0301. The Balaban J connectivity index is 1.39. The van der Waals surface area contributed by atoms with Crippen LogP contribution in [0.1, 0.15) is 25.7 Å². The molecule has 0 spiro atoms. The zero-order chi connectivity index (χ0) is 19.7. The van der Waals surface area contributed by atoms with Crippen molar-refractivity contribution < 1.29 is 9.47 Å². The van der Waals surface area contributed by atoms with Gasteiger partial charge in [0, 0.05) is 25.4 Å². The van der Waals surface area contributed by atoms with Crippen LogP contribution >= 0.6 is 0 Å². The van der Waals surface area contributed by atoms with Crippen LogP contribution in [-0.4, -0.2) is 75.4 Å². The predicted molar refractivity (Wildman–Crippen MR) is 111 cm³/mol. The highest BCUT2D eigenvalue weighted by Crippen LogP contribution is 2.39. The Morgan fingerprint density at radius 1 is 1.03 bits per heavy atom. The Kier molecular flexibility index (Phi) is 3.65. The lowest BCUT2D eigenvalue weighted by Gasteiger charge is -2.38. The molecule has 4 saturated heterocycles. The van der Waals surface area contributed by atoms with Gasteiger partial charge in [0.1, 0.15) is 11.2 Å². The molecule has 0 radical (unpaired) electrons. The van der Waals surface area contributed by atoms with Crippen molar-refractivity contribution in [1.29, 1.82) is 0 Å². The van der Waals surface area contributed by atoms with Crippen LogP contribution in [0.3, 0.4) is 0 Å². The van der Waals surface area contributed by atoms with Crippen LogP contribution in [-0.2, 0) is 9.47 Å². The molecule has 0 saturated carbocycles. The summed E-state index contributed by atoms with van der Waals surface area (Å²) in [6.45, 7) is 3.39. The quantitative estimate of drug-likeness (QED) is 0.709. The SMILES string of the molecule is c1cc(-c2ncc3c(N4C5CCC4COC5)cc(N4CC5CCC(C4)O5)nn23)[nH]n1. The summed E-state index contributed by atoms with van der Waals surface area (Å²) in [6.07, 6.45) is 8.99. The van der Waals surface area contributed by atoms with Gasteiger partial charge in [0.2, 0.25) is 0 Å². The van der Waals surface area contributed by atoms with Crippen LogP contribution in [0.15, 0.2) is 24.5 Å². The standard InChI is InChI=1S/C21H25N7O2/c1-2-14-12-29-11-13(1)27(14)18-7-20(26-9-15-3-4-16(10-26)30-15)25-28-19(18)8-22-21(28)17-5-6-23-24-17/h5-8,13-16H,1-4,9-12H2,(H,23,24). The Morgan fingerprint density at radius 2 is 1.83 bits per heavy atom. The average molecular weight is 407 g/mol. The van der Waals surface area contributed by atoms with Crippen LogP contribution in [0.5, 0.6) is 0 Å². The third-order valence-electron chi connectivity index (χ3n) is 7.10. The van der Waals surface area contributed by atoms with Crippen LogP contribution in [0.25, 0.3) is 17.0 Å². The highest BCUT2D eigenvalue weighted by atomic mass is 16.5. The molecule has 9 nitrogen and oxygen atoms in total. The molecule has 156 valence electrons. The topological polar surface area (TPSA) is 83.8 Å². The molecule has 9 heteroatoms.